The molecule has 2 rings (SSSR count). The number of amides is 1. The van der Waals surface area contributed by atoms with Crippen molar-refractivity contribution in [1.82, 2.24) is 4.90 Å². The zero-order chi connectivity index (χ0) is 11.1. The summed E-state index contributed by atoms with van der Waals surface area (Å²) in [6.45, 7) is 3.05. The summed E-state index contributed by atoms with van der Waals surface area (Å²) in [7, 11) is 0. The van der Waals surface area contributed by atoms with Gasteiger partial charge in [-0.15, -0.1) is 0 Å². The normalized spacial score (nSPS) is 39.7. The van der Waals surface area contributed by atoms with Crippen LogP contribution in [-0.4, -0.2) is 35.1 Å². The molecule has 1 unspecified atom stereocenters. The molecule has 15 heavy (non-hydrogen) atoms. The predicted molar refractivity (Wildman–Crippen MR) is 53.6 cm³/mol. The van der Waals surface area contributed by atoms with E-state index in [2.05, 4.69) is 13.0 Å². The number of rotatable bonds is 1. The van der Waals surface area contributed by atoms with Gasteiger partial charge in [0.05, 0.1) is 12.2 Å². The van der Waals surface area contributed by atoms with Gasteiger partial charge in [0.2, 0.25) is 5.91 Å². The van der Waals surface area contributed by atoms with Crippen LogP contribution in [0.1, 0.15) is 26.2 Å². The van der Waals surface area contributed by atoms with Crippen LogP contribution < -0.4 is 0 Å². The van der Waals surface area contributed by atoms with E-state index in [0.29, 0.717) is 38.3 Å². The third-order valence-electron chi connectivity index (χ3n) is 3.47. The maximum Gasteiger partial charge on any atom is 0.243 e. The molecule has 0 aromatic rings. The summed E-state index contributed by atoms with van der Waals surface area (Å²) in [6.07, 6.45) is 1.59. The number of nitriles is 1. The average Bonchev–Trinajstić information content (AvgIpc) is 2.58. The van der Waals surface area contributed by atoms with Gasteiger partial charge in [0, 0.05) is 13.1 Å². The van der Waals surface area contributed by atoms with Crippen LogP contribution in [0.4, 0.5) is 0 Å². The molecular formula is C11H16N2O2. The zero-order valence-corrected chi connectivity index (χ0v) is 8.94. The molecule has 4 nitrogen and oxygen atoms in total. The smallest absolute Gasteiger partial charge is 0.243 e. The number of aliphatic hydroxyl groups is 1. The van der Waals surface area contributed by atoms with E-state index in [1.165, 1.54) is 0 Å². The minimum Gasteiger partial charge on any atom is -0.391 e. The molecule has 1 aliphatic carbocycles. The Morgan fingerprint density at radius 1 is 1.60 bits per heavy atom. The van der Waals surface area contributed by atoms with E-state index in [0.717, 1.165) is 0 Å². The quantitative estimate of drug-likeness (QED) is 0.683. The number of carbonyl (C=O) groups excluding carboxylic acids is 1. The molecule has 1 saturated heterocycles. The van der Waals surface area contributed by atoms with Crippen LogP contribution in [0.2, 0.25) is 0 Å². The predicted octanol–water partition coefficient (Wildman–Crippen LogP) is 0.519. The van der Waals surface area contributed by atoms with Crippen LogP contribution in [0, 0.1) is 22.7 Å². The highest BCUT2D eigenvalue weighted by Crippen LogP contribution is 2.46. The van der Waals surface area contributed by atoms with Crippen molar-refractivity contribution in [2.45, 2.75) is 32.3 Å². The highest BCUT2D eigenvalue weighted by Gasteiger charge is 2.51. The second-order valence-corrected chi connectivity index (χ2v) is 4.90. The van der Waals surface area contributed by atoms with Gasteiger partial charge < -0.3 is 10.0 Å². The SMILES string of the molecule is CC1CC(C#N)(C(=O)N2CCC(O)C2)C1. The molecule has 4 heteroatoms. The summed E-state index contributed by atoms with van der Waals surface area (Å²) in [6, 6.07) is 2.16. The van der Waals surface area contributed by atoms with Gasteiger partial charge in [0.25, 0.3) is 0 Å². The Balaban J connectivity index is 2.05. The van der Waals surface area contributed by atoms with Crippen molar-refractivity contribution in [3.63, 3.8) is 0 Å². The lowest BCUT2D eigenvalue weighted by atomic mass is 9.63. The van der Waals surface area contributed by atoms with Crippen molar-refractivity contribution in [3.8, 4) is 6.07 Å². The maximum atomic E-state index is 12.1. The van der Waals surface area contributed by atoms with Crippen LogP contribution in [-0.2, 0) is 4.79 Å². The Bertz CT molecular complexity index is 315. The molecule has 0 spiro atoms. The van der Waals surface area contributed by atoms with Crippen molar-refractivity contribution in [2.75, 3.05) is 13.1 Å². The van der Waals surface area contributed by atoms with E-state index in [-0.39, 0.29) is 5.91 Å². The molecule has 2 aliphatic rings. The van der Waals surface area contributed by atoms with E-state index in [1.54, 1.807) is 4.90 Å². The van der Waals surface area contributed by atoms with Crippen molar-refractivity contribution in [2.24, 2.45) is 11.3 Å². The Kier molecular flexibility index (Phi) is 2.43. The Morgan fingerprint density at radius 3 is 2.67 bits per heavy atom. The van der Waals surface area contributed by atoms with E-state index in [9.17, 15) is 9.90 Å². The molecule has 1 aliphatic heterocycles. The molecule has 2 fully saturated rings. The lowest BCUT2D eigenvalue weighted by molar-refractivity contribution is -0.144. The van der Waals surface area contributed by atoms with Crippen LogP contribution in [0.5, 0.6) is 0 Å². The highest BCUT2D eigenvalue weighted by atomic mass is 16.3. The number of hydrogen-bond donors (Lipinski definition) is 1. The van der Waals surface area contributed by atoms with Gasteiger partial charge >= 0.3 is 0 Å². The first-order valence-corrected chi connectivity index (χ1v) is 5.46. The molecule has 1 N–H and O–H groups in total. The number of likely N-dealkylation sites (tertiary alicyclic amines) is 1. The standard InChI is InChI=1S/C11H16N2O2/c1-8-4-11(5-8,7-12)10(15)13-3-2-9(14)6-13/h8-9,14H,2-6H2,1H3. The molecular weight excluding hydrogens is 192 g/mol. The Morgan fingerprint density at radius 2 is 2.27 bits per heavy atom. The molecule has 1 amide bonds. The van der Waals surface area contributed by atoms with Crippen LogP contribution in [0.25, 0.3) is 0 Å². The molecule has 1 saturated carbocycles. The second kappa shape index (κ2) is 3.49. The van der Waals surface area contributed by atoms with Crippen molar-refractivity contribution in [1.29, 1.82) is 5.26 Å². The lowest BCUT2D eigenvalue weighted by Gasteiger charge is -2.41. The summed E-state index contributed by atoms with van der Waals surface area (Å²) in [5, 5.41) is 18.4. The van der Waals surface area contributed by atoms with Gasteiger partial charge in [-0.25, -0.2) is 0 Å². The molecule has 0 aromatic heterocycles. The maximum absolute atomic E-state index is 12.1. The lowest BCUT2D eigenvalue weighted by Crippen LogP contribution is -2.49. The minimum atomic E-state index is -0.774. The fourth-order valence-corrected chi connectivity index (χ4v) is 2.67. The fraction of sp³-hybridized carbons (Fsp3) is 0.818. The number of aliphatic hydroxyl groups excluding tert-OH is 1. The molecule has 1 heterocycles. The van der Waals surface area contributed by atoms with Gasteiger partial charge in [-0.1, -0.05) is 6.92 Å². The summed E-state index contributed by atoms with van der Waals surface area (Å²) < 4.78 is 0. The summed E-state index contributed by atoms with van der Waals surface area (Å²) >= 11 is 0. The van der Waals surface area contributed by atoms with E-state index in [1.807, 2.05) is 0 Å². The summed E-state index contributed by atoms with van der Waals surface area (Å²) in [5.41, 5.74) is -0.774. The molecule has 82 valence electrons. The number of nitrogens with zero attached hydrogens (tertiary/aromatic N) is 2. The van der Waals surface area contributed by atoms with E-state index in [4.69, 9.17) is 5.26 Å². The van der Waals surface area contributed by atoms with Crippen LogP contribution in [0.15, 0.2) is 0 Å². The van der Waals surface area contributed by atoms with Gasteiger partial charge in [0.1, 0.15) is 5.41 Å². The zero-order valence-electron chi connectivity index (χ0n) is 8.94. The van der Waals surface area contributed by atoms with E-state index < -0.39 is 11.5 Å². The van der Waals surface area contributed by atoms with Gasteiger partial charge in [-0.2, -0.15) is 5.26 Å². The Hall–Kier alpha value is -1.08. The highest BCUT2D eigenvalue weighted by molar-refractivity contribution is 5.86. The molecule has 0 bridgehead atoms. The molecule has 0 aromatic carbocycles. The Labute approximate surface area is 89.5 Å². The third-order valence-corrected chi connectivity index (χ3v) is 3.47. The monoisotopic (exact) mass is 208 g/mol. The van der Waals surface area contributed by atoms with Crippen molar-refractivity contribution in [3.05, 3.63) is 0 Å². The summed E-state index contributed by atoms with van der Waals surface area (Å²) in [4.78, 5) is 13.7. The largest absolute Gasteiger partial charge is 0.391 e. The van der Waals surface area contributed by atoms with Crippen LogP contribution >= 0.6 is 0 Å². The molecule has 0 radical (unpaired) electrons. The van der Waals surface area contributed by atoms with Crippen molar-refractivity contribution >= 4 is 5.91 Å². The first-order valence-electron chi connectivity index (χ1n) is 5.46. The second-order valence-electron chi connectivity index (χ2n) is 4.90. The van der Waals surface area contributed by atoms with Gasteiger partial charge in [0.15, 0.2) is 0 Å². The number of β-amino-alcohol motifs (C(OH)–C–C–N with tert-alkyl or cyclic N) is 1. The van der Waals surface area contributed by atoms with Crippen LogP contribution in [0.3, 0.4) is 0 Å². The first kappa shape index (κ1) is 10.4. The summed E-state index contributed by atoms with van der Waals surface area (Å²) in [5.74, 6) is 0.403. The fourth-order valence-electron chi connectivity index (χ4n) is 2.67. The van der Waals surface area contributed by atoms with Gasteiger partial charge in [-0.05, 0) is 25.2 Å². The third kappa shape index (κ3) is 1.61. The van der Waals surface area contributed by atoms with E-state index >= 15 is 0 Å². The minimum absolute atomic E-state index is 0.0698. The molecule has 1 atom stereocenters. The van der Waals surface area contributed by atoms with Crippen molar-refractivity contribution < 1.29 is 9.90 Å². The number of hydrogen-bond acceptors (Lipinski definition) is 3. The first-order chi connectivity index (χ1) is 7.07. The average molecular weight is 208 g/mol. The topological polar surface area (TPSA) is 64.3 Å². The number of carbonyl (C=O) groups is 1. The van der Waals surface area contributed by atoms with Gasteiger partial charge in [-0.3, -0.25) is 4.79 Å².